The summed E-state index contributed by atoms with van der Waals surface area (Å²) in [6, 6.07) is 11.0. The summed E-state index contributed by atoms with van der Waals surface area (Å²) >= 11 is 0. The molecule has 0 saturated carbocycles. The molecule has 6 nitrogen and oxygen atoms in total. The predicted octanol–water partition coefficient (Wildman–Crippen LogP) is 4.96. The van der Waals surface area contributed by atoms with Crippen LogP contribution in [0.1, 0.15) is 31.4 Å². The minimum Gasteiger partial charge on any atom is -0.361 e. The standard InChI is InChI=1S/C23H22F2N4O2/c1-4-23(24,25)15-6-5-7-16(10-15)27-21(30)20-14(3)28-29(22(20)31)17-8-9-18-13(2)12-26-19(18)11-17/h5-12,20,26H,4H2,1-3H3,(H,27,30). The number of fused-ring (bicyclic) bond motifs is 1. The van der Waals surface area contributed by atoms with E-state index in [1.807, 2.05) is 19.2 Å². The quantitative estimate of drug-likeness (QED) is 0.568. The molecule has 0 aliphatic carbocycles. The van der Waals surface area contributed by atoms with Crippen molar-refractivity contribution >= 4 is 39.8 Å². The molecular weight excluding hydrogens is 402 g/mol. The Morgan fingerprint density at radius 3 is 2.74 bits per heavy atom. The first-order valence-corrected chi connectivity index (χ1v) is 9.97. The van der Waals surface area contributed by atoms with Crippen molar-refractivity contribution in [2.45, 2.75) is 33.1 Å². The highest BCUT2D eigenvalue weighted by Gasteiger charge is 2.40. The maximum Gasteiger partial charge on any atom is 0.273 e. The van der Waals surface area contributed by atoms with Gasteiger partial charge >= 0.3 is 0 Å². The highest BCUT2D eigenvalue weighted by atomic mass is 19.3. The second-order valence-electron chi connectivity index (χ2n) is 7.65. The first-order valence-electron chi connectivity index (χ1n) is 9.97. The van der Waals surface area contributed by atoms with Crippen molar-refractivity contribution < 1.29 is 18.4 Å². The topological polar surface area (TPSA) is 77.6 Å². The molecule has 2 amide bonds. The van der Waals surface area contributed by atoms with E-state index in [0.29, 0.717) is 11.4 Å². The van der Waals surface area contributed by atoms with E-state index in [0.717, 1.165) is 16.5 Å². The van der Waals surface area contributed by atoms with Crippen LogP contribution in [0.25, 0.3) is 10.9 Å². The number of carbonyl (C=O) groups excluding carboxylic acids is 2. The van der Waals surface area contributed by atoms with Gasteiger partial charge in [-0.15, -0.1) is 0 Å². The summed E-state index contributed by atoms with van der Waals surface area (Å²) < 4.78 is 28.0. The molecule has 0 saturated heterocycles. The van der Waals surface area contributed by atoms with Crippen molar-refractivity contribution in [2.24, 2.45) is 11.0 Å². The summed E-state index contributed by atoms with van der Waals surface area (Å²) in [5, 5.41) is 9.09. The zero-order valence-corrected chi connectivity index (χ0v) is 17.4. The summed E-state index contributed by atoms with van der Waals surface area (Å²) in [5.74, 6) is -5.22. The van der Waals surface area contributed by atoms with E-state index in [1.165, 1.54) is 36.2 Å². The van der Waals surface area contributed by atoms with Crippen LogP contribution in [0.15, 0.2) is 53.8 Å². The van der Waals surface area contributed by atoms with Gasteiger partial charge in [0.2, 0.25) is 5.91 Å². The smallest absolute Gasteiger partial charge is 0.273 e. The molecule has 0 fully saturated rings. The first kappa shape index (κ1) is 20.7. The minimum atomic E-state index is -2.99. The Balaban J connectivity index is 1.55. The fourth-order valence-corrected chi connectivity index (χ4v) is 3.69. The summed E-state index contributed by atoms with van der Waals surface area (Å²) in [6.07, 6.45) is 1.53. The number of hydrazone groups is 1. The fourth-order valence-electron chi connectivity index (χ4n) is 3.69. The molecule has 31 heavy (non-hydrogen) atoms. The molecule has 2 N–H and O–H groups in total. The minimum absolute atomic E-state index is 0.188. The number of H-pyrrole nitrogens is 1. The molecule has 1 aliphatic heterocycles. The Kier molecular flexibility index (Phi) is 5.08. The number of alkyl halides is 2. The van der Waals surface area contributed by atoms with Gasteiger partial charge in [0, 0.05) is 34.8 Å². The van der Waals surface area contributed by atoms with Crippen molar-refractivity contribution in [3.05, 3.63) is 59.8 Å². The van der Waals surface area contributed by atoms with Gasteiger partial charge in [-0.2, -0.15) is 10.1 Å². The molecule has 3 aromatic rings. The van der Waals surface area contributed by atoms with Gasteiger partial charge in [-0.25, -0.2) is 8.78 Å². The molecule has 1 unspecified atom stereocenters. The molecule has 1 aromatic heterocycles. The van der Waals surface area contributed by atoms with E-state index in [1.54, 1.807) is 19.1 Å². The third kappa shape index (κ3) is 3.69. The van der Waals surface area contributed by atoms with E-state index in [-0.39, 0.29) is 17.7 Å². The molecular formula is C23H22F2N4O2. The Bertz CT molecular complexity index is 1220. The van der Waals surface area contributed by atoms with Crippen LogP contribution in [0.3, 0.4) is 0 Å². The second-order valence-corrected chi connectivity index (χ2v) is 7.65. The van der Waals surface area contributed by atoms with Crippen LogP contribution in [0.2, 0.25) is 0 Å². The average Bonchev–Trinajstić information content (AvgIpc) is 3.26. The Labute approximate surface area is 177 Å². The van der Waals surface area contributed by atoms with Gasteiger partial charge in [0.1, 0.15) is 0 Å². The van der Waals surface area contributed by atoms with Crippen molar-refractivity contribution in [1.82, 2.24) is 4.98 Å². The fraction of sp³-hybridized carbons (Fsp3) is 0.261. The number of benzene rings is 2. The molecule has 4 rings (SSSR count). The molecule has 8 heteroatoms. The van der Waals surface area contributed by atoms with Crippen molar-refractivity contribution in [1.29, 1.82) is 0 Å². The number of aryl methyl sites for hydroxylation is 1. The van der Waals surface area contributed by atoms with Crippen LogP contribution in [-0.4, -0.2) is 22.5 Å². The second kappa shape index (κ2) is 7.61. The largest absolute Gasteiger partial charge is 0.361 e. The summed E-state index contributed by atoms with van der Waals surface area (Å²) in [7, 11) is 0. The van der Waals surface area contributed by atoms with E-state index < -0.39 is 23.7 Å². The van der Waals surface area contributed by atoms with Gasteiger partial charge in [0.15, 0.2) is 5.92 Å². The first-order chi connectivity index (χ1) is 14.7. The number of anilines is 2. The van der Waals surface area contributed by atoms with Crippen LogP contribution in [-0.2, 0) is 15.5 Å². The zero-order chi connectivity index (χ0) is 22.3. The number of rotatable bonds is 5. The van der Waals surface area contributed by atoms with Gasteiger partial charge in [-0.3, -0.25) is 9.59 Å². The van der Waals surface area contributed by atoms with Gasteiger partial charge in [0.05, 0.1) is 11.4 Å². The summed E-state index contributed by atoms with van der Waals surface area (Å²) in [5.41, 5.74) is 2.84. The number of hydrogen-bond acceptors (Lipinski definition) is 3. The van der Waals surface area contributed by atoms with Crippen molar-refractivity contribution in [2.75, 3.05) is 10.3 Å². The third-order valence-corrected chi connectivity index (χ3v) is 5.51. The molecule has 0 radical (unpaired) electrons. The maximum absolute atomic E-state index is 14.0. The number of carbonyl (C=O) groups is 2. The Morgan fingerprint density at radius 2 is 2.00 bits per heavy atom. The van der Waals surface area contributed by atoms with E-state index in [2.05, 4.69) is 15.4 Å². The lowest BCUT2D eigenvalue weighted by molar-refractivity contribution is -0.127. The van der Waals surface area contributed by atoms with Gasteiger partial charge in [-0.05, 0) is 43.7 Å². The van der Waals surface area contributed by atoms with E-state index in [9.17, 15) is 18.4 Å². The average molecular weight is 424 g/mol. The number of aromatic amines is 1. The maximum atomic E-state index is 14.0. The van der Waals surface area contributed by atoms with Gasteiger partial charge in [0.25, 0.3) is 11.8 Å². The number of hydrogen-bond donors (Lipinski definition) is 2. The molecule has 2 heterocycles. The van der Waals surface area contributed by atoms with Crippen LogP contribution in [0, 0.1) is 12.8 Å². The number of halogens is 2. The zero-order valence-electron chi connectivity index (χ0n) is 17.4. The van der Waals surface area contributed by atoms with Crippen LogP contribution in [0.5, 0.6) is 0 Å². The Hall–Kier alpha value is -3.55. The molecule has 0 spiro atoms. The summed E-state index contributed by atoms with van der Waals surface area (Å²) in [6.45, 7) is 4.97. The monoisotopic (exact) mass is 424 g/mol. The number of amides is 2. The molecule has 2 aromatic carbocycles. The third-order valence-electron chi connectivity index (χ3n) is 5.51. The molecule has 1 aliphatic rings. The van der Waals surface area contributed by atoms with Crippen molar-refractivity contribution in [3.8, 4) is 0 Å². The Morgan fingerprint density at radius 1 is 1.23 bits per heavy atom. The van der Waals surface area contributed by atoms with Crippen molar-refractivity contribution in [3.63, 3.8) is 0 Å². The number of aromatic nitrogens is 1. The lowest BCUT2D eigenvalue weighted by Crippen LogP contribution is -2.36. The number of nitrogens with zero attached hydrogens (tertiary/aromatic N) is 2. The molecule has 0 bridgehead atoms. The van der Waals surface area contributed by atoms with Crippen LogP contribution >= 0.6 is 0 Å². The van der Waals surface area contributed by atoms with E-state index >= 15 is 0 Å². The lowest BCUT2D eigenvalue weighted by Gasteiger charge is -2.17. The van der Waals surface area contributed by atoms with Crippen LogP contribution < -0.4 is 10.3 Å². The van der Waals surface area contributed by atoms with Crippen LogP contribution in [0.4, 0.5) is 20.2 Å². The normalized spacial score (nSPS) is 16.7. The van der Waals surface area contributed by atoms with Gasteiger partial charge < -0.3 is 10.3 Å². The lowest BCUT2D eigenvalue weighted by atomic mass is 10.0. The molecule has 1 atom stereocenters. The molecule has 160 valence electrons. The number of nitrogens with one attached hydrogen (secondary N) is 2. The predicted molar refractivity (Wildman–Crippen MR) is 116 cm³/mol. The van der Waals surface area contributed by atoms with E-state index in [4.69, 9.17) is 0 Å². The highest BCUT2D eigenvalue weighted by molar-refractivity contribution is 6.28. The SMILES string of the molecule is CCC(F)(F)c1cccc(NC(=O)C2C(=O)N(c3ccc4c(C)c[nH]c4c3)N=C2C)c1. The highest BCUT2D eigenvalue weighted by Crippen LogP contribution is 2.33. The van der Waals surface area contributed by atoms with Gasteiger partial charge in [-0.1, -0.05) is 25.1 Å². The summed E-state index contributed by atoms with van der Waals surface area (Å²) in [4.78, 5) is 28.9.